The van der Waals surface area contributed by atoms with Crippen LogP contribution >= 0.6 is 0 Å². The second-order valence-electron chi connectivity index (χ2n) is 5.99. The summed E-state index contributed by atoms with van der Waals surface area (Å²) in [5.74, 6) is -1.11. The van der Waals surface area contributed by atoms with Gasteiger partial charge in [-0.3, -0.25) is 9.59 Å². The summed E-state index contributed by atoms with van der Waals surface area (Å²) in [7, 11) is 0. The molecule has 0 bridgehead atoms. The minimum Gasteiger partial charge on any atom is -0.465 e. The van der Waals surface area contributed by atoms with Gasteiger partial charge in [-0.05, 0) is 40.5 Å². The van der Waals surface area contributed by atoms with Crippen LogP contribution in [-0.2, 0) is 9.59 Å². The van der Waals surface area contributed by atoms with Crippen molar-refractivity contribution in [2.75, 3.05) is 6.54 Å². The summed E-state index contributed by atoms with van der Waals surface area (Å²) < 4.78 is 0. The van der Waals surface area contributed by atoms with Crippen LogP contribution in [0.5, 0.6) is 0 Å². The van der Waals surface area contributed by atoms with Crippen LogP contribution in [-0.4, -0.2) is 52.1 Å². The molecule has 0 heterocycles. The van der Waals surface area contributed by atoms with Gasteiger partial charge in [-0.15, -0.1) is 0 Å². The van der Waals surface area contributed by atoms with Crippen molar-refractivity contribution >= 4 is 17.9 Å². The summed E-state index contributed by atoms with van der Waals surface area (Å²) in [6, 6.07) is -1.59. The number of nitrogens with zero attached hydrogens (tertiary/aromatic N) is 1. The number of amides is 3. The number of rotatable bonds is 7. The third-order valence-electron chi connectivity index (χ3n) is 3.06. The van der Waals surface area contributed by atoms with Crippen molar-refractivity contribution in [3.63, 3.8) is 0 Å². The van der Waals surface area contributed by atoms with Gasteiger partial charge in [0, 0.05) is 12.1 Å². The topological polar surface area (TPSA) is 139 Å². The average Bonchev–Trinajstić information content (AvgIpc) is 2.31. The lowest BCUT2D eigenvalue weighted by Gasteiger charge is -2.33. The van der Waals surface area contributed by atoms with Gasteiger partial charge in [-0.25, -0.2) is 4.79 Å². The second-order valence-corrected chi connectivity index (χ2v) is 5.99. The molecule has 8 heteroatoms. The summed E-state index contributed by atoms with van der Waals surface area (Å²) >= 11 is 0. The zero-order chi connectivity index (χ0) is 16.8. The first-order chi connectivity index (χ1) is 9.46. The predicted molar refractivity (Wildman–Crippen MR) is 78.5 cm³/mol. The van der Waals surface area contributed by atoms with E-state index in [0.717, 1.165) is 0 Å². The molecule has 0 radical (unpaired) electrons. The van der Waals surface area contributed by atoms with Crippen molar-refractivity contribution in [2.45, 2.75) is 58.2 Å². The molecule has 0 saturated carbocycles. The Morgan fingerprint density at radius 2 is 1.81 bits per heavy atom. The van der Waals surface area contributed by atoms with Crippen LogP contribution in [0.15, 0.2) is 0 Å². The number of hydrogen-bond donors (Lipinski definition) is 4. The van der Waals surface area contributed by atoms with E-state index in [1.165, 1.54) is 11.8 Å². The minimum absolute atomic E-state index is 0.283. The van der Waals surface area contributed by atoms with Gasteiger partial charge < -0.3 is 26.8 Å². The fraction of sp³-hybridized carbons (Fsp3) is 0.769. The molecule has 0 aliphatic heterocycles. The number of nitrogens with two attached hydrogens (primary N) is 2. The van der Waals surface area contributed by atoms with Crippen LogP contribution in [0.4, 0.5) is 4.79 Å². The third-order valence-corrected chi connectivity index (χ3v) is 3.06. The van der Waals surface area contributed by atoms with Crippen LogP contribution in [0.3, 0.4) is 0 Å². The zero-order valence-electron chi connectivity index (χ0n) is 13.0. The van der Waals surface area contributed by atoms with Crippen LogP contribution < -0.4 is 16.8 Å². The molecule has 0 aliphatic carbocycles. The Labute approximate surface area is 124 Å². The van der Waals surface area contributed by atoms with Gasteiger partial charge in [-0.1, -0.05) is 0 Å². The molecule has 3 amide bonds. The summed E-state index contributed by atoms with van der Waals surface area (Å²) in [6.45, 7) is 7.14. The van der Waals surface area contributed by atoms with Crippen LogP contribution in [0, 0.1) is 0 Å². The van der Waals surface area contributed by atoms with Crippen LogP contribution in [0.25, 0.3) is 0 Å². The fourth-order valence-electron chi connectivity index (χ4n) is 1.71. The Kier molecular flexibility index (Phi) is 7.14. The normalized spacial score (nSPS) is 14.1. The van der Waals surface area contributed by atoms with E-state index in [1.54, 1.807) is 20.8 Å². The number of primary amides is 1. The van der Waals surface area contributed by atoms with Crippen molar-refractivity contribution < 1.29 is 19.5 Å². The summed E-state index contributed by atoms with van der Waals surface area (Å²) in [5, 5.41) is 11.5. The molecule has 2 atom stereocenters. The maximum Gasteiger partial charge on any atom is 0.407 e. The highest BCUT2D eigenvalue weighted by molar-refractivity contribution is 5.88. The lowest BCUT2D eigenvalue weighted by atomic mass is 10.0. The third kappa shape index (κ3) is 6.94. The van der Waals surface area contributed by atoms with Gasteiger partial charge in [0.25, 0.3) is 0 Å². The van der Waals surface area contributed by atoms with Crippen molar-refractivity contribution in [3.05, 3.63) is 0 Å². The largest absolute Gasteiger partial charge is 0.465 e. The molecule has 0 aromatic carbocycles. The van der Waals surface area contributed by atoms with Gasteiger partial charge in [0.05, 0.1) is 6.04 Å². The van der Waals surface area contributed by atoms with Gasteiger partial charge in [-0.2, -0.15) is 0 Å². The van der Waals surface area contributed by atoms with Gasteiger partial charge >= 0.3 is 6.09 Å². The number of carboxylic acid groups (broad SMARTS) is 1. The van der Waals surface area contributed by atoms with Crippen molar-refractivity contribution in [2.24, 2.45) is 11.5 Å². The molecule has 0 aromatic heterocycles. The summed E-state index contributed by atoms with van der Waals surface area (Å²) in [6.07, 6.45) is -0.247. The van der Waals surface area contributed by atoms with E-state index in [-0.39, 0.29) is 6.54 Å². The molecule has 0 aliphatic rings. The molecule has 6 N–H and O–H groups in total. The number of carbonyl (C=O) groups is 3. The van der Waals surface area contributed by atoms with E-state index in [9.17, 15) is 14.4 Å². The molecule has 0 rings (SSSR count). The maximum atomic E-state index is 11.7. The van der Waals surface area contributed by atoms with E-state index < -0.39 is 35.5 Å². The maximum absolute atomic E-state index is 11.7. The van der Waals surface area contributed by atoms with Gasteiger partial charge in [0.1, 0.15) is 6.04 Å². The molecular weight excluding hydrogens is 276 g/mol. The molecular formula is C13H26N4O4. The molecule has 0 aromatic rings. The number of hydrogen-bond acceptors (Lipinski definition) is 4. The predicted octanol–water partition coefficient (Wildman–Crippen LogP) is -0.138. The van der Waals surface area contributed by atoms with Gasteiger partial charge in [0.2, 0.25) is 11.8 Å². The van der Waals surface area contributed by atoms with E-state index in [4.69, 9.17) is 16.6 Å². The Bertz CT molecular complexity index is 392. The Morgan fingerprint density at radius 3 is 2.19 bits per heavy atom. The van der Waals surface area contributed by atoms with E-state index >= 15 is 0 Å². The summed E-state index contributed by atoms with van der Waals surface area (Å²) in [4.78, 5) is 35.0. The minimum atomic E-state index is -1.01. The molecule has 8 nitrogen and oxygen atoms in total. The first kappa shape index (κ1) is 19.2. The van der Waals surface area contributed by atoms with E-state index in [1.807, 2.05) is 0 Å². The summed E-state index contributed by atoms with van der Waals surface area (Å²) in [5.41, 5.74) is 10.2. The van der Waals surface area contributed by atoms with E-state index in [0.29, 0.717) is 12.8 Å². The van der Waals surface area contributed by atoms with E-state index in [2.05, 4.69) is 5.32 Å². The van der Waals surface area contributed by atoms with Crippen LogP contribution in [0.1, 0.15) is 40.5 Å². The SMILES string of the molecule is CC(NC(=O)C(N)CCCN(C(=O)O)C(C)(C)C)C(N)=O. The standard InChI is InChI=1S/C13H26N4O4/c1-8(10(15)18)16-11(19)9(14)6-5-7-17(12(20)21)13(2,3)4/h8-9H,5-7,14H2,1-4H3,(H2,15,18)(H,16,19)(H,20,21). The first-order valence-corrected chi connectivity index (χ1v) is 6.82. The number of nitrogens with one attached hydrogen (secondary N) is 1. The zero-order valence-corrected chi connectivity index (χ0v) is 13.0. The Balaban J connectivity index is 4.30. The highest BCUT2D eigenvalue weighted by Gasteiger charge is 2.26. The number of carbonyl (C=O) groups excluding carboxylic acids is 2. The molecule has 0 spiro atoms. The van der Waals surface area contributed by atoms with Crippen molar-refractivity contribution in [3.8, 4) is 0 Å². The monoisotopic (exact) mass is 302 g/mol. The van der Waals surface area contributed by atoms with Gasteiger partial charge in [0.15, 0.2) is 0 Å². The lowest BCUT2D eigenvalue weighted by Crippen LogP contribution is -2.49. The second kappa shape index (κ2) is 7.82. The first-order valence-electron chi connectivity index (χ1n) is 6.82. The van der Waals surface area contributed by atoms with Crippen LogP contribution in [0.2, 0.25) is 0 Å². The molecule has 0 fully saturated rings. The molecule has 21 heavy (non-hydrogen) atoms. The average molecular weight is 302 g/mol. The Hall–Kier alpha value is -1.83. The molecule has 2 unspecified atom stereocenters. The quantitative estimate of drug-likeness (QED) is 0.518. The fourth-order valence-corrected chi connectivity index (χ4v) is 1.71. The smallest absolute Gasteiger partial charge is 0.407 e. The van der Waals surface area contributed by atoms with Crippen molar-refractivity contribution in [1.82, 2.24) is 10.2 Å². The Morgan fingerprint density at radius 1 is 1.29 bits per heavy atom. The lowest BCUT2D eigenvalue weighted by molar-refractivity contribution is -0.127. The highest BCUT2D eigenvalue weighted by Crippen LogP contribution is 2.14. The molecule has 0 saturated heterocycles. The highest BCUT2D eigenvalue weighted by atomic mass is 16.4. The molecule has 122 valence electrons. The van der Waals surface area contributed by atoms with Crippen molar-refractivity contribution in [1.29, 1.82) is 0 Å².